The van der Waals surface area contributed by atoms with E-state index in [0.29, 0.717) is 37.9 Å². The zero-order chi connectivity index (χ0) is 39.9. The highest BCUT2D eigenvalue weighted by Gasteiger charge is 2.50. The molecule has 18 heteroatoms. The normalized spacial score (nSPS) is 23.9. The van der Waals surface area contributed by atoms with Crippen molar-refractivity contribution in [2.45, 2.75) is 109 Å². The fraction of sp³-hybridized carbons (Fsp3) is 0.579. The van der Waals surface area contributed by atoms with Gasteiger partial charge in [-0.1, -0.05) is 11.3 Å². The number of thiazole rings is 1. The maximum Gasteiger partial charge on any atom is 0.413 e. The van der Waals surface area contributed by atoms with Crippen molar-refractivity contribution < 1.29 is 41.4 Å². The van der Waals surface area contributed by atoms with Gasteiger partial charge in [0.2, 0.25) is 0 Å². The van der Waals surface area contributed by atoms with Gasteiger partial charge in [-0.15, -0.1) is 0 Å². The van der Waals surface area contributed by atoms with Crippen LogP contribution in [0.2, 0.25) is 0 Å². The average Bonchev–Trinajstić information content (AvgIpc) is 3.82. The van der Waals surface area contributed by atoms with Gasteiger partial charge in [-0.2, -0.15) is 9.97 Å². The molecular formula is C38H44F4N8O5S. The highest BCUT2D eigenvalue weighted by atomic mass is 32.1. The third-order valence-electron chi connectivity index (χ3n) is 10.7. The van der Waals surface area contributed by atoms with Gasteiger partial charge < -0.3 is 24.0 Å². The third kappa shape index (κ3) is 7.14. The minimum atomic E-state index is -1.13. The van der Waals surface area contributed by atoms with Crippen LogP contribution in [0.5, 0.6) is 6.01 Å². The minimum Gasteiger partial charge on any atom is -0.461 e. The highest BCUT2D eigenvalue weighted by molar-refractivity contribution is 7.22. The number of hydrogen-bond donors (Lipinski definition) is 1. The van der Waals surface area contributed by atoms with Crippen LogP contribution in [-0.4, -0.2) is 110 Å². The Kier molecular flexibility index (Phi) is 9.45. The first kappa shape index (κ1) is 38.3. The fourth-order valence-electron chi connectivity index (χ4n) is 8.51. The number of carbonyl (C=O) groups excluding carboxylic acids is 2. The molecule has 0 spiro atoms. The van der Waals surface area contributed by atoms with Gasteiger partial charge in [-0.3, -0.25) is 15.2 Å². The summed E-state index contributed by atoms with van der Waals surface area (Å²) < 4.78 is 79.8. The number of carbonyl (C=O) groups is 2. The minimum absolute atomic E-state index is 0.0800. The molecule has 0 unspecified atom stereocenters. The Labute approximate surface area is 324 Å². The monoisotopic (exact) mass is 800 g/mol. The van der Waals surface area contributed by atoms with E-state index in [4.69, 9.17) is 19.2 Å². The van der Waals surface area contributed by atoms with Gasteiger partial charge in [-0.25, -0.2) is 32.1 Å². The SMILES string of the molecule is CC(C)(C)OC(=O)Nc1nc2c(-c3ncc4c(N5[C@@H]6CC[C@H]5CN(C(=O)OC(C)(C)C)C6)nc(OC[C@@]56CCCN5C[C@H](F)C6)nc4c3F)c(F)cc(F)c2s1. The highest BCUT2D eigenvalue weighted by Crippen LogP contribution is 2.44. The van der Waals surface area contributed by atoms with E-state index in [2.05, 4.69) is 25.2 Å². The smallest absolute Gasteiger partial charge is 0.413 e. The van der Waals surface area contributed by atoms with Crippen LogP contribution in [-0.2, 0) is 9.47 Å². The number of rotatable bonds is 6. The quantitative estimate of drug-likeness (QED) is 0.193. The van der Waals surface area contributed by atoms with Crippen molar-refractivity contribution in [3.63, 3.8) is 0 Å². The summed E-state index contributed by atoms with van der Waals surface area (Å²) in [6.07, 6.45) is 2.42. The molecular weight excluding hydrogens is 757 g/mol. The average molecular weight is 801 g/mol. The van der Waals surface area contributed by atoms with Crippen molar-refractivity contribution in [3.05, 3.63) is 29.7 Å². The number of halogens is 4. The summed E-state index contributed by atoms with van der Waals surface area (Å²) in [4.78, 5) is 49.3. The largest absolute Gasteiger partial charge is 0.461 e. The number of nitrogens with zero attached hydrogens (tertiary/aromatic N) is 7. The topological polar surface area (TPSA) is 135 Å². The fourth-order valence-corrected chi connectivity index (χ4v) is 9.38. The van der Waals surface area contributed by atoms with Crippen LogP contribution in [0.3, 0.4) is 0 Å². The number of anilines is 2. The number of fused-ring (bicyclic) bond motifs is 5. The first-order valence-corrected chi connectivity index (χ1v) is 19.6. The van der Waals surface area contributed by atoms with Gasteiger partial charge in [0, 0.05) is 50.4 Å². The molecule has 4 fully saturated rings. The van der Waals surface area contributed by atoms with Crippen molar-refractivity contribution in [1.82, 2.24) is 29.7 Å². The van der Waals surface area contributed by atoms with Crippen LogP contribution in [0.4, 0.5) is 38.1 Å². The number of benzene rings is 1. The number of nitrogens with one attached hydrogen (secondary N) is 1. The third-order valence-corrected chi connectivity index (χ3v) is 11.6. The van der Waals surface area contributed by atoms with Gasteiger partial charge in [0.25, 0.3) is 0 Å². The van der Waals surface area contributed by atoms with Crippen molar-refractivity contribution in [2.75, 3.05) is 43.0 Å². The summed E-state index contributed by atoms with van der Waals surface area (Å²) in [5.74, 6) is -2.78. The van der Waals surface area contributed by atoms with E-state index in [1.807, 2.05) is 4.90 Å². The van der Waals surface area contributed by atoms with Gasteiger partial charge in [-0.05, 0) is 73.8 Å². The summed E-state index contributed by atoms with van der Waals surface area (Å²) in [5, 5.41) is 2.57. The van der Waals surface area contributed by atoms with Crippen LogP contribution >= 0.6 is 11.3 Å². The molecule has 1 N–H and O–H groups in total. The van der Waals surface area contributed by atoms with Crippen molar-refractivity contribution >= 4 is 55.6 Å². The van der Waals surface area contributed by atoms with Crippen LogP contribution in [0.25, 0.3) is 32.4 Å². The molecule has 0 aliphatic carbocycles. The second-order valence-corrected chi connectivity index (χ2v) is 18.1. The van der Waals surface area contributed by atoms with E-state index in [1.165, 1.54) is 6.20 Å². The molecule has 4 aliphatic rings. The molecule has 300 valence electrons. The molecule has 2 amide bonds. The number of pyridine rings is 1. The zero-order valence-electron chi connectivity index (χ0n) is 32.0. The summed E-state index contributed by atoms with van der Waals surface area (Å²) in [6, 6.07) is 0.0532. The van der Waals surface area contributed by atoms with Crippen LogP contribution < -0.4 is 15.0 Å². The Bertz CT molecular complexity index is 2220. The molecule has 4 aliphatic heterocycles. The number of ether oxygens (including phenoxy) is 3. The molecule has 2 bridgehead atoms. The molecule has 4 atom stereocenters. The predicted octanol–water partition coefficient (Wildman–Crippen LogP) is 7.61. The molecule has 3 aromatic heterocycles. The van der Waals surface area contributed by atoms with Crippen LogP contribution in [0.15, 0.2) is 12.3 Å². The molecule has 7 heterocycles. The summed E-state index contributed by atoms with van der Waals surface area (Å²) >= 11 is 0.732. The van der Waals surface area contributed by atoms with E-state index in [0.717, 1.165) is 43.6 Å². The number of likely N-dealkylation sites (tertiary alicyclic amines) is 1. The van der Waals surface area contributed by atoms with Crippen LogP contribution in [0.1, 0.15) is 73.6 Å². The predicted molar refractivity (Wildman–Crippen MR) is 201 cm³/mol. The van der Waals surface area contributed by atoms with Crippen molar-refractivity contribution in [1.29, 1.82) is 0 Å². The molecule has 0 saturated carbocycles. The zero-order valence-corrected chi connectivity index (χ0v) is 32.9. The van der Waals surface area contributed by atoms with Crippen LogP contribution in [0, 0.1) is 17.5 Å². The van der Waals surface area contributed by atoms with E-state index >= 15 is 13.2 Å². The number of alkyl halides is 1. The van der Waals surface area contributed by atoms with Gasteiger partial charge in [0.15, 0.2) is 10.9 Å². The Morgan fingerprint density at radius 3 is 2.38 bits per heavy atom. The summed E-state index contributed by atoms with van der Waals surface area (Å²) in [6.45, 7) is 12.2. The molecule has 4 saturated heterocycles. The number of amides is 2. The van der Waals surface area contributed by atoms with Crippen molar-refractivity contribution in [2.24, 2.45) is 0 Å². The van der Waals surface area contributed by atoms with E-state index in [-0.39, 0.29) is 51.0 Å². The van der Waals surface area contributed by atoms with E-state index < -0.39 is 63.8 Å². The number of piperazine rings is 1. The Hall–Kier alpha value is -4.58. The lowest BCUT2D eigenvalue weighted by Gasteiger charge is -2.42. The van der Waals surface area contributed by atoms with Gasteiger partial charge in [0.05, 0.1) is 26.7 Å². The molecule has 0 radical (unpaired) electrons. The first-order chi connectivity index (χ1) is 26.4. The summed E-state index contributed by atoms with van der Waals surface area (Å²) in [5.41, 5.74) is -3.45. The maximum absolute atomic E-state index is 17.1. The van der Waals surface area contributed by atoms with Crippen molar-refractivity contribution in [3.8, 4) is 17.3 Å². The Balaban J connectivity index is 1.20. The second kappa shape index (κ2) is 13.8. The number of aromatic nitrogens is 4. The molecule has 56 heavy (non-hydrogen) atoms. The second-order valence-electron chi connectivity index (χ2n) is 17.1. The molecule has 13 nitrogen and oxygen atoms in total. The standard InChI is InChI=1S/C38H44F4N8O5S/c1-36(2,3)54-34(51)47-33-45-29-25(23(40)12-24(41)30(29)56-33)28-26(42)27-22(14-43-28)31(46-32(44-27)53-18-38-10-7-11-49(38)15-19(39)13-38)50-20-8-9-21(50)17-48(16-20)35(52)55-37(4,5)6/h12,14,19-21H,7-11,13,15-18H2,1-6H3,(H,45,47,51)/t19-,20-,21+,38+/m1/s1. The number of hydrogen-bond acceptors (Lipinski definition) is 12. The first-order valence-electron chi connectivity index (χ1n) is 18.8. The Morgan fingerprint density at radius 2 is 1.68 bits per heavy atom. The lowest BCUT2D eigenvalue weighted by atomic mass is 9.95. The lowest BCUT2D eigenvalue weighted by Crippen LogP contribution is -2.56. The lowest BCUT2D eigenvalue weighted by molar-refractivity contribution is 0.0209. The molecule has 4 aromatic rings. The Morgan fingerprint density at radius 1 is 0.964 bits per heavy atom. The summed E-state index contributed by atoms with van der Waals surface area (Å²) in [7, 11) is 0. The molecule has 8 rings (SSSR count). The van der Waals surface area contributed by atoms with E-state index in [1.54, 1.807) is 46.4 Å². The maximum atomic E-state index is 17.1. The van der Waals surface area contributed by atoms with E-state index in [9.17, 15) is 14.0 Å². The van der Waals surface area contributed by atoms with Gasteiger partial charge in [0.1, 0.15) is 52.6 Å². The molecule has 1 aromatic carbocycles. The van der Waals surface area contributed by atoms with Gasteiger partial charge >= 0.3 is 18.2 Å².